The molecule has 4 rings (SSSR count). The molecule has 0 atom stereocenters. The van der Waals surface area contributed by atoms with Gasteiger partial charge in [-0.25, -0.2) is 9.69 Å². The predicted molar refractivity (Wildman–Crippen MR) is 142 cm³/mol. The number of carbonyl (C=O) groups excluding carboxylic acids is 4. The Kier molecular flexibility index (Phi) is 7.69. The van der Waals surface area contributed by atoms with Crippen molar-refractivity contribution in [3.63, 3.8) is 0 Å². The average molecular weight is 518 g/mol. The van der Waals surface area contributed by atoms with Gasteiger partial charge in [0.25, 0.3) is 17.7 Å². The van der Waals surface area contributed by atoms with Crippen LogP contribution in [0.3, 0.4) is 0 Å². The number of para-hydroxylation sites is 1. The van der Waals surface area contributed by atoms with Crippen molar-refractivity contribution in [1.82, 2.24) is 0 Å². The zero-order chi connectivity index (χ0) is 26.5. The molecule has 1 aliphatic heterocycles. The molecule has 3 amide bonds. The van der Waals surface area contributed by atoms with E-state index < -0.39 is 23.7 Å². The largest absolute Gasteiger partial charge is 0.462 e. The van der Waals surface area contributed by atoms with Gasteiger partial charge in [-0.15, -0.1) is 0 Å². The van der Waals surface area contributed by atoms with E-state index in [0.717, 1.165) is 16.9 Å². The van der Waals surface area contributed by atoms with Crippen molar-refractivity contribution >= 4 is 52.4 Å². The molecule has 0 unspecified atom stereocenters. The molecule has 3 aromatic rings. The van der Waals surface area contributed by atoms with Gasteiger partial charge < -0.3 is 15.4 Å². The van der Waals surface area contributed by atoms with Gasteiger partial charge in [0.05, 0.1) is 23.5 Å². The Morgan fingerprint density at radius 3 is 2.35 bits per heavy atom. The van der Waals surface area contributed by atoms with Crippen LogP contribution in [-0.4, -0.2) is 30.3 Å². The van der Waals surface area contributed by atoms with E-state index in [1.54, 1.807) is 61.5 Å². The van der Waals surface area contributed by atoms with Gasteiger partial charge in [0.15, 0.2) is 0 Å². The number of hydrogen-bond acceptors (Lipinski definition) is 6. The minimum Gasteiger partial charge on any atom is -0.462 e. The second kappa shape index (κ2) is 11.1. The molecule has 1 heterocycles. The topological polar surface area (TPSA) is 105 Å². The third kappa shape index (κ3) is 5.39. The lowest BCUT2D eigenvalue weighted by Crippen LogP contribution is -2.32. The van der Waals surface area contributed by atoms with E-state index in [1.807, 2.05) is 19.1 Å². The molecule has 8 nitrogen and oxygen atoms in total. The van der Waals surface area contributed by atoms with Crippen LogP contribution in [0.5, 0.6) is 0 Å². The minimum absolute atomic E-state index is 0.0866. The SMILES string of the molecule is CCOC(=O)c1ccccc1NC(=O)c1cccc(NC2=C(Cl)C(=O)N(c3ccc(CC)cc3)C2=O)c1. The second-order valence-electron chi connectivity index (χ2n) is 8.08. The van der Waals surface area contributed by atoms with Gasteiger partial charge >= 0.3 is 5.97 Å². The minimum atomic E-state index is -0.636. The summed E-state index contributed by atoms with van der Waals surface area (Å²) in [5.41, 5.74) is 2.56. The fourth-order valence-corrected chi connectivity index (χ4v) is 4.00. The number of aryl methyl sites for hydroxylation is 1. The molecule has 9 heteroatoms. The van der Waals surface area contributed by atoms with E-state index in [1.165, 1.54) is 6.07 Å². The van der Waals surface area contributed by atoms with E-state index in [-0.39, 0.29) is 28.5 Å². The summed E-state index contributed by atoms with van der Waals surface area (Å²) < 4.78 is 5.05. The first-order chi connectivity index (χ1) is 17.8. The Morgan fingerprint density at radius 1 is 0.919 bits per heavy atom. The molecule has 37 heavy (non-hydrogen) atoms. The number of halogens is 1. The molecular formula is C28H24ClN3O5. The molecule has 0 bridgehead atoms. The molecule has 0 aliphatic carbocycles. The molecule has 2 N–H and O–H groups in total. The van der Waals surface area contributed by atoms with Crippen molar-refractivity contribution in [2.24, 2.45) is 0 Å². The quantitative estimate of drug-likeness (QED) is 0.317. The van der Waals surface area contributed by atoms with Crippen molar-refractivity contribution in [2.75, 3.05) is 22.1 Å². The van der Waals surface area contributed by atoms with Crippen molar-refractivity contribution in [1.29, 1.82) is 0 Å². The molecular weight excluding hydrogens is 494 g/mol. The van der Waals surface area contributed by atoms with Crippen LogP contribution in [0.2, 0.25) is 0 Å². The first-order valence-corrected chi connectivity index (χ1v) is 12.0. The molecule has 0 saturated carbocycles. The summed E-state index contributed by atoms with van der Waals surface area (Å²) in [4.78, 5) is 52.0. The molecule has 3 aromatic carbocycles. The first-order valence-electron chi connectivity index (χ1n) is 11.7. The number of imide groups is 1. The monoisotopic (exact) mass is 517 g/mol. The lowest BCUT2D eigenvalue weighted by molar-refractivity contribution is -0.120. The third-order valence-corrected chi connectivity index (χ3v) is 6.05. The van der Waals surface area contributed by atoms with Crippen LogP contribution >= 0.6 is 11.6 Å². The highest BCUT2D eigenvalue weighted by Gasteiger charge is 2.39. The first kappa shape index (κ1) is 25.7. The van der Waals surface area contributed by atoms with E-state index in [2.05, 4.69) is 10.6 Å². The zero-order valence-electron chi connectivity index (χ0n) is 20.2. The fourth-order valence-electron chi connectivity index (χ4n) is 3.78. The smallest absolute Gasteiger partial charge is 0.340 e. The molecule has 1 aliphatic rings. The average Bonchev–Trinajstić information content (AvgIpc) is 3.12. The Labute approximate surface area is 218 Å². The molecule has 188 valence electrons. The molecule has 0 saturated heterocycles. The summed E-state index contributed by atoms with van der Waals surface area (Å²) in [7, 11) is 0. The van der Waals surface area contributed by atoms with E-state index in [9.17, 15) is 19.2 Å². The normalized spacial score (nSPS) is 13.1. The number of rotatable bonds is 8. The lowest BCUT2D eigenvalue weighted by Gasteiger charge is -2.15. The van der Waals surface area contributed by atoms with Crippen LogP contribution in [-0.2, 0) is 20.7 Å². The number of benzene rings is 3. The van der Waals surface area contributed by atoms with Crippen molar-refractivity contribution in [3.05, 3.63) is 100 Å². The fraction of sp³-hybridized carbons (Fsp3) is 0.143. The maximum Gasteiger partial charge on any atom is 0.340 e. The second-order valence-corrected chi connectivity index (χ2v) is 8.46. The van der Waals surface area contributed by atoms with Gasteiger partial charge in [-0.3, -0.25) is 14.4 Å². The number of nitrogens with one attached hydrogen (secondary N) is 2. The van der Waals surface area contributed by atoms with Gasteiger partial charge in [0.2, 0.25) is 0 Å². The van der Waals surface area contributed by atoms with Crippen LogP contribution in [0.1, 0.15) is 40.1 Å². The number of ether oxygens (including phenoxy) is 1. The van der Waals surface area contributed by atoms with E-state index in [0.29, 0.717) is 17.1 Å². The number of amides is 3. The Bertz CT molecular complexity index is 1420. The van der Waals surface area contributed by atoms with Crippen LogP contribution in [0.4, 0.5) is 17.1 Å². The highest BCUT2D eigenvalue weighted by molar-refractivity contribution is 6.53. The highest BCUT2D eigenvalue weighted by Crippen LogP contribution is 2.30. The number of carbonyl (C=O) groups is 4. The van der Waals surface area contributed by atoms with Crippen LogP contribution in [0.25, 0.3) is 0 Å². The Balaban J connectivity index is 1.52. The van der Waals surface area contributed by atoms with E-state index >= 15 is 0 Å². The van der Waals surface area contributed by atoms with Gasteiger partial charge in [-0.2, -0.15) is 0 Å². The summed E-state index contributed by atoms with van der Waals surface area (Å²) >= 11 is 6.24. The maximum absolute atomic E-state index is 13.1. The lowest BCUT2D eigenvalue weighted by atomic mass is 10.1. The van der Waals surface area contributed by atoms with Crippen LogP contribution in [0.15, 0.2) is 83.5 Å². The number of anilines is 3. The summed E-state index contributed by atoms with van der Waals surface area (Å²) in [6, 6.07) is 19.9. The summed E-state index contributed by atoms with van der Waals surface area (Å²) in [5, 5.41) is 5.35. The highest BCUT2D eigenvalue weighted by atomic mass is 35.5. The van der Waals surface area contributed by atoms with E-state index in [4.69, 9.17) is 16.3 Å². The zero-order valence-corrected chi connectivity index (χ0v) is 21.0. The van der Waals surface area contributed by atoms with Crippen molar-refractivity contribution in [3.8, 4) is 0 Å². The Hall–Kier alpha value is -4.43. The summed E-state index contributed by atoms with van der Waals surface area (Å²) in [6.45, 7) is 3.91. The summed E-state index contributed by atoms with van der Waals surface area (Å²) in [5.74, 6) is -2.26. The number of nitrogens with zero attached hydrogens (tertiary/aromatic N) is 1. The number of esters is 1. The maximum atomic E-state index is 13.1. The molecule has 0 aromatic heterocycles. The van der Waals surface area contributed by atoms with Gasteiger partial charge in [-0.05, 0) is 61.4 Å². The summed E-state index contributed by atoms with van der Waals surface area (Å²) in [6.07, 6.45) is 0.826. The molecule has 0 radical (unpaired) electrons. The van der Waals surface area contributed by atoms with Crippen molar-refractivity contribution in [2.45, 2.75) is 20.3 Å². The van der Waals surface area contributed by atoms with Gasteiger partial charge in [-0.1, -0.05) is 48.9 Å². The molecule has 0 fully saturated rings. The van der Waals surface area contributed by atoms with Gasteiger partial charge in [0, 0.05) is 11.3 Å². The molecule has 0 spiro atoms. The van der Waals surface area contributed by atoms with Crippen LogP contribution < -0.4 is 15.5 Å². The predicted octanol–water partition coefficient (Wildman–Crippen LogP) is 5.11. The third-order valence-electron chi connectivity index (χ3n) is 5.69. The van der Waals surface area contributed by atoms with Gasteiger partial charge in [0.1, 0.15) is 10.7 Å². The van der Waals surface area contributed by atoms with Crippen molar-refractivity contribution < 1.29 is 23.9 Å². The standard InChI is InChI=1S/C28H24ClN3O5/c1-3-17-12-14-20(15-13-17)32-26(34)23(29)24(27(32)35)30-19-9-7-8-18(16-19)25(33)31-22-11-6-5-10-21(22)28(36)37-4-2/h5-16,30H,3-4H2,1-2H3,(H,31,33). The van der Waals surface area contributed by atoms with Crippen LogP contribution in [0, 0.1) is 0 Å². The number of hydrogen-bond donors (Lipinski definition) is 2. The Morgan fingerprint density at radius 2 is 1.65 bits per heavy atom.